The van der Waals surface area contributed by atoms with Crippen LogP contribution in [0.2, 0.25) is 5.02 Å². The first-order valence-electron chi connectivity index (χ1n) is 24.9. The number of nitrogens with zero attached hydrogens (tertiary/aromatic N) is 2. The van der Waals surface area contributed by atoms with E-state index in [4.69, 9.17) is 46.0 Å². The highest BCUT2D eigenvalue weighted by molar-refractivity contribution is 6.30. The Morgan fingerprint density at radius 1 is 0.714 bits per heavy atom. The van der Waals surface area contributed by atoms with Crippen LogP contribution in [0.15, 0.2) is 64.7 Å². The number of aliphatic imine (C=N–C) groups is 2. The summed E-state index contributed by atoms with van der Waals surface area (Å²) in [6.07, 6.45) is 0.285. The van der Waals surface area contributed by atoms with E-state index >= 15 is 0 Å². The van der Waals surface area contributed by atoms with Gasteiger partial charge in [-0.1, -0.05) is 41.9 Å². The summed E-state index contributed by atoms with van der Waals surface area (Å²) in [4.78, 5) is 148. The number of rotatable bonds is 19. The van der Waals surface area contributed by atoms with Crippen LogP contribution >= 0.6 is 11.6 Å². The molecule has 1 saturated heterocycles. The highest BCUT2D eigenvalue weighted by atomic mass is 35.5. The van der Waals surface area contributed by atoms with E-state index in [1.54, 1.807) is 30.5 Å². The number of hydrogen-bond acceptors (Lipinski definition) is 12. The lowest BCUT2D eigenvalue weighted by Crippen LogP contribution is -2.60. The third kappa shape index (κ3) is 21.3. The molecule has 0 aliphatic carbocycles. The molecule has 21 N–H and O–H groups in total. The number of nitrogens with two attached hydrogens (primary N) is 6. The SMILES string of the molecule is CC(=O)NC(CCCN=C(N)N)C(=O)N[C@H]1CC(=O)NCCCC[C@@H](C(N)=O)NC(=O)[C@H](Cc2c[nH]c3ccccc23)NC(=O)[C@H](CCCN=C(N)N)NC(=O)[C@@H](Cc2cccc(Cl)c2)NC(=O)[C@H](CCC(N)=O)NC1=O. The fourth-order valence-electron chi connectivity index (χ4n) is 8.27. The number of primary amides is 2. The number of carbonyl (C=O) groups is 10. The molecule has 4 rings (SSSR count). The molecular weight excluding hydrogens is 1020 g/mol. The van der Waals surface area contributed by atoms with Crippen LogP contribution in [-0.2, 0) is 60.8 Å². The summed E-state index contributed by atoms with van der Waals surface area (Å²) in [7, 11) is 0. The van der Waals surface area contributed by atoms with Crippen molar-refractivity contribution in [1.29, 1.82) is 0 Å². The van der Waals surface area contributed by atoms with Crippen molar-refractivity contribution < 1.29 is 47.9 Å². The maximum Gasteiger partial charge on any atom is 0.243 e. The number of aromatic nitrogens is 1. The van der Waals surface area contributed by atoms with Gasteiger partial charge in [0.1, 0.15) is 42.3 Å². The van der Waals surface area contributed by atoms with Crippen LogP contribution in [0.1, 0.15) is 82.3 Å². The Morgan fingerprint density at radius 3 is 1.97 bits per heavy atom. The summed E-state index contributed by atoms with van der Waals surface area (Å²) in [5.74, 6) is -9.16. The van der Waals surface area contributed by atoms with Gasteiger partial charge in [0, 0.05) is 67.9 Å². The van der Waals surface area contributed by atoms with Gasteiger partial charge in [0.2, 0.25) is 59.1 Å². The molecule has 1 aliphatic heterocycles. The molecule has 0 spiro atoms. The Morgan fingerprint density at radius 2 is 1.32 bits per heavy atom. The van der Waals surface area contributed by atoms with Crippen molar-refractivity contribution >= 4 is 93.5 Å². The predicted molar refractivity (Wildman–Crippen MR) is 285 cm³/mol. The Kier molecular flexibility index (Phi) is 24.4. The second-order valence-electron chi connectivity index (χ2n) is 18.4. The van der Waals surface area contributed by atoms with E-state index < -0.39 is 121 Å². The van der Waals surface area contributed by atoms with Gasteiger partial charge in [-0.05, 0) is 80.7 Å². The fourth-order valence-corrected chi connectivity index (χ4v) is 8.48. The van der Waals surface area contributed by atoms with Crippen LogP contribution in [0, 0.1) is 0 Å². The number of aromatic amines is 1. The zero-order valence-corrected chi connectivity index (χ0v) is 43.4. The van der Waals surface area contributed by atoms with Crippen molar-refractivity contribution in [3.05, 3.63) is 70.9 Å². The Labute approximate surface area is 448 Å². The van der Waals surface area contributed by atoms with Crippen LogP contribution < -0.4 is 76.9 Å². The lowest BCUT2D eigenvalue weighted by molar-refractivity contribution is -0.136. The van der Waals surface area contributed by atoms with Crippen molar-refractivity contribution in [2.24, 2.45) is 44.4 Å². The molecule has 3 aromatic rings. The lowest BCUT2D eigenvalue weighted by atomic mass is 10.0. The molecule has 1 aromatic heterocycles. The molecule has 28 heteroatoms. The third-order valence-electron chi connectivity index (χ3n) is 12.1. The van der Waals surface area contributed by atoms with Gasteiger partial charge in [0.05, 0.1) is 6.42 Å². The van der Waals surface area contributed by atoms with Crippen molar-refractivity contribution in [2.75, 3.05) is 19.6 Å². The Balaban J connectivity index is 1.80. The highest BCUT2D eigenvalue weighted by Gasteiger charge is 2.35. The summed E-state index contributed by atoms with van der Waals surface area (Å²) >= 11 is 6.32. The number of benzene rings is 2. The van der Waals surface area contributed by atoms with Gasteiger partial charge in [-0.3, -0.25) is 57.9 Å². The molecule has 2 heterocycles. The highest BCUT2D eigenvalue weighted by Crippen LogP contribution is 2.20. The largest absolute Gasteiger partial charge is 0.370 e. The van der Waals surface area contributed by atoms with Gasteiger partial charge >= 0.3 is 0 Å². The van der Waals surface area contributed by atoms with Gasteiger partial charge in [-0.15, -0.1) is 0 Å². The quantitative estimate of drug-likeness (QED) is 0.0316. The number of para-hydroxylation sites is 1. The topological polar surface area (TPSA) is 464 Å². The van der Waals surface area contributed by atoms with Crippen LogP contribution in [0.4, 0.5) is 0 Å². The summed E-state index contributed by atoms with van der Waals surface area (Å²) in [6, 6.07) is 3.30. The molecule has 10 amide bonds. The van der Waals surface area contributed by atoms with E-state index in [9.17, 15) is 47.9 Å². The third-order valence-corrected chi connectivity index (χ3v) is 12.4. The summed E-state index contributed by atoms with van der Waals surface area (Å²) < 4.78 is 0. The number of guanidine groups is 2. The van der Waals surface area contributed by atoms with Gasteiger partial charge < -0.3 is 81.9 Å². The average Bonchev–Trinajstić information content (AvgIpc) is 3.77. The molecule has 27 nitrogen and oxygen atoms in total. The van der Waals surface area contributed by atoms with E-state index in [0.717, 1.165) is 17.8 Å². The van der Waals surface area contributed by atoms with Crippen molar-refractivity contribution in [3.8, 4) is 0 Å². The molecule has 77 heavy (non-hydrogen) atoms. The smallest absolute Gasteiger partial charge is 0.243 e. The predicted octanol–water partition coefficient (Wildman–Crippen LogP) is -3.43. The van der Waals surface area contributed by atoms with Crippen molar-refractivity contribution in [3.63, 3.8) is 0 Å². The molecular formula is C49H70ClN17O10. The van der Waals surface area contributed by atoms with Crippen LogP contribution in [0.5, 0.6) is 0 Å². The second-order valence-corrected chi connectivity index (χ2v) is 18.8. The summed E-state index contributed by atoms with van der Waals surface area (Å²) in [5, 5.41) is 21.8. The van der Waals surface area contributed by atoms with Gasteiger partial charge in [0.25, 0.3) is 0 Å². The maximum atomic E-state index is 14.7. The molecule has 0 bridgehead atoms. The molecule has 7 atom stereocenters. The number of amides is 10. The van der Waals surface area contributed by atoms with E-state index in [-0.39, 0.29) is 94.4 Å². The number of hydrogen-bond donors (Lipinski definition) is 15. The fraction of sp³-hybridized carbons (Fsp3) is 0.469. The zero-order valence-electron chi connectivity index (χ0n) is 42.7. The standard InChI is InChI=1S/C49H70ClN17O10/c1-26(68)61-33(14-7-19-58-48(53)54)42(72)67-38-24-40(70)57-18-5-4-13-32(41(52)71)62-46(76)37(23-28-25-60-31-12-3-2-11-30(28)31)66-43(73)34(15-8-20-59-49(55)56)63-45(75)36(22-27-9-6-10-29(50)21-27)65-44(74)35(64-47(38)77)16-17-39(51)69/h2-3,6,9-12,21,25,32-38,60H,4-5,7-8,13-20,22-24H2,1H3,(H2,51,69)(H2,52,71)(H,57,70)(H,61,68)(H,62,76)(H,63,75)(H,64,77)(H,65,74)(H,66,73)(H,67,72)(H4,53,54,58)(H4,55,56,59)/t32-,33?,34-,35-,36+,37-,38-/m0/s1. The minimum Gasteiger partial charge on any atom is -0.370 e. The number of carbonyl (C=O) groups excluding carboxylic acids is 10. The van der Waals surface area contributed by atoms with Crippen LogP contribution in [0.3, 0.4) is 0 Å². The average molecular weight is 1090 g/mol. The first-order valence-corrected chi connectivity index (χ1v) is 25.3. The minimum atomic E-state index is -1.72. The molecule has 1 unspecified atom stereocenters. The summed E-state index contributed by atoms with van der Waals surface area (Å²) in [5.41, 5.74) is 35.0. The zero-order chi connectivity index (χ0) is 56.6. The van der Waals surface area contributed by atoms with E-state index in [2.05, 4.69) is 57.5 Å². The van der Waals surface area contributed by atoms with Crippen LogP contribution in [0.25, 0.3) is 10.9 Å². The molecule has 1 aliphatic rings. The Bertz CT molecular complexity index is 2650. The Hall–Kier alpha value is -8.49. The van der Waals surface area contributed by atoms with E-state index in [1.807, 2.05) is 18.2 Å². The maximum absolute atomic E-state index is 14.7. The van der Waals surface area contributed by atoms with Crippen molar-refractivity contribution in [1.82, 2.24) is 47.5 Å². The first kappa shape index (κ1) is 61.1. The first-order chi connectivity index (χ1) is 36.6. The monoisotopic (exact) mass is 1090 g/mol. The van der Waals surface area contributed by atoms with Crippen LogP contribution in [-0.4, -0.2) is 138 Å². The summed E-state index contributed by atoms with van der Waals surface area (Å²) in [6.45, 7) is 1.23. The number of nitrogens with one attached hydrogen (secondary N) is 9. The van der Waals surface area contributed by atoms with Gasteiger partial charge in [0.15, 0.2) is 11.9 Å². The molecule has 0 radical (unpaired) electrons. The number of halogens is 1. The number of H-pyrrole nitrogens is 1. The molecule has 1 fully saturated rings. The van der Waals surface area contributed by atoms with E-state index in [1.165, 1.54) is 6.07 Å². The van der Waals surface area contributed by atoms with Gasteiger partial charge in [-0.25, -0.2) is 0 Å². The minimum absolute atomic E-state index is 0.00921. The number of fused-ring (bicyclic) bond motifs is 1. The molecule has 418 valence electrons. The van der Waals surface area contributed by atoms with Crippen molar-refractivity contribution in [2.45, 2.75) is 126 Å². The normalized spacial score (nSPS) is 20.8. The molecule has 2 aromatic carbocycles. The van der Waals surface area contributed by atoms with Gasteiger partial charge in [-0.2, -0.15) is 0 Å². The molecule has 0 saturated carbocycles. The van der Waals surface area contributed by atoms with E-state index in [0.29, 0.717) is 11.1 Å². The lowest BCUT2D eigenvalue weighted by Gasteiger charge is -2.28. The second kappa shape index (κ2) is 30.8.